The number of hydrogen-bond donors (Lipinski definition) is 0. The highest BCUT2D eigenvalue weighted by atomic mass is 16.2. The molecule has 0 radical (unpaired) electrons. The predicted molar refractivity (Wildman–Crippen MR) is 102 cm³/mol. The summed E-state index contributed by atoms with van der Waals surface area (Å²) in [4.78, 5) is 14.9. The number of carbonyl (C=O) groups excluding carboxylic acids is 1. The zero-order valence-electron chi connectivity index (χ0n) is 14.6. The van der Waals surface area contributed by atoms with E-state index in [-0.39, 0.29) is 5.91 Å². The number of nitrogens with zero attached hydrogens (tertiary/aromatic N) is 1. The number of aryl methyl sites for hydroxylation is 1. The Labute approximate surface area is 149 Å². The molecule has 0 aromatic heterocycles. The second-order valence-corrected chi connectivity index (χ2v) is 6.38. The molecule has 0 bridgehead atoms. The van der Waals surface area contributed by atoms with Crippen molar-refractivity contribution in [3.8, 4) is 0 Å². The Kier molecular flexibility index (Phi) is 5.63. The van der Waals surface area contributed by atoms with Gasteiger partial charge < -0.3 is 4.90 Å². The normalized spacial score (nSPS) is 10.4. The lowest BCUT2D eigenvalue weighted by Gasteiger charge is -2.23. The molecule has 0 N–H and O–H groups in total. The first-order chi connectivity index (χ1) is 12.2. The van der Waals surface area contributed by atoms with Gasteiger partial charge in [0.25, 0.3) is 0 Å². The van der Waals surface area contributed by atoms with Crippen LogP contribution in [0.4, 0.5) is 0 Å². The molecule has 0 saturated heterocycles. The minimum Gasteiger partial charge on any atom is -0.334 e. The van der Waals surface area contributed by atoms with E-state index in [1.807, 2.05) is 53.4 Å². The zero-order chi connectivity index (χ0) is 17.5. The van der Waals surface area contributed by atoms with E-state index in [0.717, 1.165) is 16.7 Å². The van der Waals surface area contributed by atoms with Crippen LogP contribution in [-0.4, -0.2) is 10.8 Å². The largest absolute Gasteiger partial charge is 0.334 e. The van der Waals surface area contributed by atoms with Gasteiger partial charge in [0.05, 0.1) is 6.42 Å². The Morgan fingerprint density at radius 2 is 1.16 bits per heavy atom. The van der Waals surface area contributed by atoms with Gasteiger partial charge in [-0.05, 0) is 23.6 Å². The van der Waals surface area contributed by atoms with Gasteiger partial charge in [-0.2, -0.15) is 0 Å². The van der Waals surface area contributed by atoms with Gasteiger partial charge in [-0.1, -0.05) is 90.5 Å². The molecule has 0 fully saturated rings. The van der Waals surface area contributed by atoms with Crippen LogP contribution < -0.4 is 0 Å². The topological polar surface area (TPSA) is 20.3 Å². The zero-order valence-corrected chi connectivity index (χ0v) is 14.6. The van der Waals surface area contributed by atoms with E-state index in [2.05, 4.69) is 43.3 Å². The third-order valence-corrected chi connectivity index (χ3v) is 4.26. The first-order valence-corrected chi connectivity index (χ1v) is 8.62. The van der Waals surface area contributed by atoms with E-state index < -0.39 is 0 Å². The molecule has 0 heterocycles. The van der Waals surface area contributed by atoms with Crippen LogP contribution in [-0.2, 0) is 24.3 Å². The maximum absolute atomic E-state index is 12.9. The molecule has 0 aliphatic carbocycles. The maximum Gasteiger partial charge on any atom is 0.227 e. The van der Waals surface area contributed by atoms with E-state index in [4.69, 9.17) is 0 Å². The van der Waals surface area contributed by atoms with Gasteiger partial charge in [-0.25, -0.2) is 0 Å². The molecule has 0 atom stereocenters. The molecule has 25 heavy (non-hydrogen) atoms. The van der Waals surface area contributed by atoms with Gasteiger partial charge in [0.1, 0.15) is 0 Å². The number of carbonyl (C=O) groups is 1. The van der Waals surface area contributed by atoms with Crippen molar-refractivity contribution in [1.29, 1.82) is 0 Å². The van der Waals surface area contributed by atoms with Crippen molar-refractivity contribution in [3.05, 3.63) is 107 Å². The Morgan fingerprint density at radius 1 is 0.680 bits per heavy atom. The van der Waals surface area contributed by atoms with E-state index >= 15 is 0 Å². The fourth-order valence-electron chi connectivity index (χ4n) is 2.83. The van der Waals surface area contributed by atoms with Crippen LogP contribution in [0.15, 0.2) is 84.9 Å². The van der Waals surface area contributed by atoms with E-state index in [9.17, 15) is 4.79 Å². The predicted octanol–water partition coefficient (Wildman–Crippen LogP) is 4.77. The fourth-order valence-corrected chi connectivity index (χ4v) is 2.83. The lowest BCUT2D eigenvalue weighted by molar-refractivity contribution is -0.131. The van der Waals surface area contributed by atoms with Crippen molar-refractivity contribution < 1.29 is 4.79 Å². The first kappa shape index (κ1) is 17.0. The van der Waals surface area contributed by atoms with E-state index in [0.29, 0.717) is 19.5 Å². The summed E-state index contributed by atoms with van der Waals surface area (Å²) in [5.74, 6) is 0.150. The summed E-state index contributed by atoms with van der Waals surface area (Å²) in [7, 11) is 0. The van der Waals surface area contributed by atoms with Gasteiger partial charge >= 0.3 is 0 Å². The van der Waals surface area contributed by atoms with Gasteiger partial charge in [-0.15, -0.1) is 0 Å². The number of rotatable bonds is 6. The average molecular weight is 329 g/mol. The smallest absolute Gasteiger partial charge is 0.227 e. The molecule has 0 aliphatic rings. The summed E-state index contributed by atoms with van der Waals surface area (Å²) in [5.41, 5.74) is 4.56. The average Bonchev–Trinajstić information content (AvgIpc) is 2.65. The quantitative estimate of drug-likeness (QED) is 0.638. The highest BCUT2D eigenvalue weighted by Crippen LogP contribution is 2.13. The summed E-state index contributed by atoms with van der Waals surface area (Å²) in [6, 6.07) is 28.5. The van der Waals surface area contributed by atoms with Gasteiger partial charge in [0, 0.05) is 13.1 Å². The van der Waals surface area contributed by atoms with Crippen LogP contribution in [0.3, 0.4) is 0 Å². The van der Waals surface area contributed by atoms with Crippen molar-refractivity contribution in [1.82, 2.24) is 4.90 Å². The maximum atomic E-state index is 12.9. The van der Waals surface area contributed by atoms with Gasteiger partial charge in [0.15, 0.2) is 0 Å². The van der Waals surface area contributed by atoms with Gasteiger partial charge in [-0.3, -0.25) is 4.79 Å². The highest BCUT2D eigenvalue weighted by Gasteiger charge is 2.15. The van der Waals surface area contributed by atoms with Crippen LogP contribution in [0, 0.1) is 6.92 Å². The summed E-state index contributed by atoms with van der Waals surface area (Å²) in [6.45, 7) is 3.31. The molecule has 0 unspecified atom stereocenters. The third kappa shape index (κ3) is 5.05. The molecular formula is C23H23NO. The molecule has 0 saturated carbocycles. The Morgan fingerprint density at radius 3 is 1.64 bits per heavy atom. The molecule has 3 aromatic rings. The van der Waals surface area contributed by atoms with Crippen LogP contribution >= 0.6 is 0 Å². The van der Waals surface area contributed by atoms with Crippen molar-refractivity contribution in [2.24, 2.45) is 0 Å². The van der Waals surface area contributed by atoms with E-state index in [1.54, 1.807) is 0 Å². The highest BCUT2D eigenvalue weighted by molar-refractivity contribution is 5.78. The van der Waals surface area contributed by atoms with Gasteiger partial charge in [0.2, 0.25) is 5.91 Å². The molecular weight excluding hydrogens is 306 g/mol. The number of amides is 1. The van der Waals surface area contributed by atoms with Crippen LogP contribution in [0.25, 0.3) is 0 Å². The standard InChI is InChI=1S/C23H23NO/c1-19-12-14-20(15-13-19)16-23(25)24(17-21-8-4-2-5-9-21)18-22-10-6-3-7-11-22/h2-15H,16-18H2,1H3. The van der Waals surface area contributed by atoms with Crippen molar-refractivity contribution >= 4 is 5.91 Å². The van der Waals surface area contributed by atoms with Crippen molar-refractivity contribution in [2.75, 3.05) is 0 Å². The van der Waals surface area contributed by atoms with Crippen molar-refractivity contribution in [2.45, 2.75) is 26.4 Å². The SMILES string of the molecule is Cc1ccc(CC(=O)N(Cc2ccccc2)Cc2ccccc2)cc1. The fraction of sp³-hybridized carbons (Fsp3) is 0.174. The van der Waals surface area contributed by atoms with Crippen LogP contribution in [0.1, 0.15) is 22.3 Å². The summed E-state index contributed by atoms with van der Waals surface area (Å²) < 4.78 is 0. The van der Waals surface area contributed by atoms with Crippen LogP contribution in [0.2, 0.25) is 0 Å². The Hall–Kier alpha value is -2.87. The number of hydrogen-bond acceptors (Lipinski definition) is 1. The summed E-state index contributed by atoms with van der Waals surface area (Å²) in [5, 5.41) is 0. The lowest BCUT2D eigenvalue weighted by atomic mass is 10.1. The summed E-state index contributed by atoms with van der Waals surface area (Å²) >= 11 is 0. The Balaban J connectivity index is 1.76. The minimum atomic E-state index is 0.150. The molecule has 126 valence electrons. The lowest BCUT2D eigenvalue weighted by Crippen LogP contribution is -2.31. The Bertz CT molecular complexity index is 753. The molecule has 1 amide bonds. The third-order valence-electron chi connectivity index (χ3n) is 4.26. The molecule has 0 aliphatic heterocycles. The first-order valence-electron chi connectivity index (χ1n) is 8.62. The summed E-state index contributed by atoms with van der Waals surface area (Å²) in [6.07, 6.45) is 0.431. The van der Waals surface area contributed by atoms with Crippen molar-refractivity contribution in [3.63, 3.8) is 0 Å². The second-order valence-electron chi connectivity index (χ2n) is 6.38. The molecule has 2 heteroatoms. The number of benzene rings is 3. The second kappa shape index (κ2) is 8.29. The van der Waals surface area contributed by atoms with Crippen LogP contribution in [0.5, 0.6) is 0 Å². The molecule has 3 rings (SSSR count). The molecule has 2 nitrogen and oxygen atoms in total. The monoisotopic (exact) mass is 329 g/mol. The minimum absolute atomic E-state index is 0.150. The molecule has 0 spiro atoms. The molecule has 3 aromatic carbocycles. The van der Waals surface area contributed by atoms with E-state index in [1.165, 1.54) is 5.56 Å².